The molecule has 1 fully saturated rings. The average Bonchev–Trinajstić information content (AvgIpc) is 3.13. The summed E-state index contributed by atoms with van der Waals surface area (Å²) in [5.74, 6) is 1.66. The van der Waals surface area contributed by atoms with Crippen LogP contribution in [-0.4, -0.2) is 29.1 Å². The van der Waals surface area contributed by atoms with E-state index in [-0.39, 0.29) is 0 Å². The second kappa shape index (κ2) is 5.80. The summed E-state index contributed by atoms with van der Waals surface area (Å²) in [6.45, 7) is 4.28. The van der Waals surface area contributed by atoms with Crippen molar-refractivity contribution in [2.24, 2.45) is 5.92 Å². The first kappa shape index (κ1) is 11.3. The molecule has 2 N–H and O–H groups in total. The minimum Gasteiger partial charge on any atom is -0.354 e. The van der Waals surface area contributed by atoms with Crippen molar-refractivity contribution in [1.29, 1.82) is 0 Å². The monoisotopic (exact) mass is 220 g/mol. The van der Waals surface area contributed by atoms with Crippen molar-refractivity contribution < 1.29 is 0 Å². The standard InChI is InChI=1S/C12H20N4/c1-10(11-4-5-11)13-6-2-7-14-12-15-8-3-9-16-12/h3,8-11,13H,2,4-7H2,1H3,(H,14,15,16). The Hall–Kier alpha value is -1.16. The molecule has 2 rings (SSSR count). The lowest BCUT2D eigenvalue weighted by molar-refractivity contribution is 0.494. The van der Waals surface area contributed by atoms with Crippen LogP contribution in [0.25, 0.3) is 0 Å². The fourth-order valence-corrected chi connectivity index (χ4v) is 1.77. The van der Waals surface area contributed by atoms with E-state index in [1.54, 1.807) is 12.4 Å². The van der Waals surface area contributed by atoms with Gasteiger partial charge in [-0.2, -0.15) is 0 Å². The Kier molecular flexibility index (Phi) is 4.10. The van der Waals surface area contributed by atoms with Crippen LogP contribution in [0.4, 0.5) is 5.95 Å². The van der Waals surface area contributed by atoms with Crippen LogP contribution in [0, 0.1) is 5.92 Å². The van der Waals surface area contributed by atoms with Gasteiger partial charge in [-0.3, -0.25) is 0 Å². The van der Waals surface area contributed by atoms with Crippen LogP contribution in [0.15, 0.2) is 18.5 Å². The van der Waals surface area contributed by atoms with Gasteiger partial charge in [-0.1, -0.05) is 0 Å². The first-order chi connectivity index (χ1) is 7.86. The quantitative estimate of drug-likeness (QED) is 0.686. The predicted molar refractivity (Wildman–Crippen MR) is 65.3 cm³/mol. The number of hydrogen-bond donors (Lipinski definition) is 2. The van der Waals surface area contributed by atoms with Gasteiger partial charge >= 0.3 is 0 Å². The van der Waals surface area contributed by atoms with E-state index in [0.717, 1.165) is 31.4 Å². The minimum absolute atomic E-state index is 0.688. The molecule has 0 spiro atoms. The summed E-state index contributed by atoms with van der Waals surface area (Å²) in [5, 5.41) is 6.75. The molecule has 0 radical (unpaired) electrons. The number of nitrogens with zero attached hydrogens (tertiary/aromatic N) is 2. The van der Waals surface area contributed by atoms with E-state index in [0.29, 0.717) is 6.04 Å². The zero-order valence-electron chi connectivity index (χ0n) is 9.82. The smallest absolute Gasteiger partial charge is 0.222 e. The zero-order chi connectivity index (χ0) is 11.2. The number of hydrogen-bond acceptors (Lipinski definition) is 4. The molecule has 0 bridgehead atoms. The van der Waals surface area contributed by atoms with E-state index in [1.165, 1.54) is 12.8 Å². The van der Waals surface area contributed by atoms with Crippen LogP contribution < -0.4 is 10.6 Å². The van der Waals surface area contributed by atoms with E-state index in [4.69, 9.17) is 0 Å². The highest BCUT2D eigenvalue weighted by atomic mass is 15.1. The van der Waals surface area contributed by atoms with Crippen LogP contribution in [-0.2, 0) is 0 Å². The van der Waals surface area contributed by atoms with Crippen molar-refractivity contribution in [1.82, 2.24) is 15.3 Å². The molecule has 1 atom stereocenters. The minimum atomic E-state index is 0.688. The van der Waals surface area contributed by atoms with Gasteiger partial charge in [-0.25, -0.2) is 9.97 Å². The summed E-state index contributed by atoms with van der Waals surface area (Å²) in [6.07, 6.45) is 7.43. The summed E-state index contributed by atoms with van der Waals surface area (Å²) in [4.78, 5) is 8.21. The molecular weight excluding hydrogens is 200 g/mol. The molecule has 16 heavy (non-hydrogen) atoms. The lowest BCUT2D eigenvalue weighted by atomic mass is 10.2. The maximum Gasteiger partial charge on any atom is 0.222 e. The maximum atomic E-state index is 4.11. The molecule has 0 aliphatic heterocycles. The fourth-order valence-electron chi connectivity index (χ4n) is 1.77. The van der Waals surface area contributed by atoms with Crippen LogP contribution in [0.5, 0.6) is 0 Å². The summed E-state index contributed by atoms with van der Waals surface area (Å²) < 4.78 is 0. The Morgan fingerprint density at radius 3 is 2.75 bits per heavy atom. The van der Waals surface area contributed by atoms with Crippen molar-refractivity contribution in [2.75, 3.05) is 18.4 Å². The molecule has 1 saturated carbocycles. The molecule has 1 aromatic rings. The summed E-state index contributed by atoms with van der Waals surface area (Å²) >= 11 is 0. The number of rotatable bonds is 7. The largest absolute Gasteiger partial charge is 0.354 e. The summed E-state index contributed by atoms with van der Waals surface area (Å²) in [6, 6.07) is 2.51. The highest BCUT2D eigenvalue weighted by Crippen LogP contribution is 2.32. The molecule has 0 saturated heterocycles. The predicted octanol–water partition coefficient (Wildman–Crippen LogP) is 1.67. The SMILES string of the molecule is CC(NCCCNc1ncccn1)C1CC1. The van der Waals surface area contributed by atoms with Crippen LogP contribution in [0.2, 0.25) is 0 Å². The molecule has 0 amide bonds. The third-order valence-electron chi connectivity index (χ3n) is 3.00. The molecule has 1 unspecified atom stereocenters. The van der Waals surface area contributed by atoms with Crippen molar-refractivity contribution in [3.05, 3.63) is 18.5 Å². The van der Waals surface area contributed by atoms with E-state index < -0.39 is 0 Å². The van der Waals surface area contributed by atoms with Gasteiger partial charge in [0.25, 0.3) is 0 Å². The molecule has 88 valence electrons. The van der Waals surface area contributed by atoms with Gasteiger partial charge in [0, 0.05) is 25.0 Å². The molecule has 1 aromatic heterocycles. The highest BCUT2D eigenvalue weighted by Gasteiger charge is 2.26. The lowest BCUT2D eigenvalue weighted by Gasteiger charge is -2.12. The van der Waals surface area contributed by atoms with E-state index >= 15 is 0 Å². The van der Waals surface area contributed by atoms with Gasteiger partial charge in [-0.05, 0) is 44.7 Å². The second-order valence-corrected chi connectivity index (χ2v) is 4.43. The van der Waals surface area contributed by atoms with Crippen molar-refractivity contribution in [3.63, 3.8) is 0 Å². The van der Waals surface area contributed by atoms with Gasteiger partial charge in [0.15, 0.2) is 0 Å². The molecule has 4 nitrogen and oxygen atoms in total. The summed E-state index contributed by atoms with van der Waals surface area (Å²) in [7, 11) is 0. The number of anilines is 1. The van der Waals surface area contributed by atoms with Gasteiger partial charge < -0.3 is 10.6 Å². The molecule has 4 heteroatoms. The van der Waals surface area contributed by atoms with Crippen molar-refractivity contribution >= 4 is 5.95 Å². The third-order valence-corrected chi connectivity index (χ3v) is 3.00. The fraction of sp³-hybridized carbons (Fsp3) is 0.667. The van der Waals surface area contributed by atoms with Crippen LogP contribution in [0.1, 0.15) is 26.2 Å². The molecule has 1 aliphatic carbocycles. The number of aromatic nitrogens is 2. The second-order valence-electron chi connectivity index (χ2n) is 4.43. The Balaban J connectivity index is 1.52. The molecular formula is C12H20N4. The molecule has 0 aromatic carbocycles. The topological polar surface area (TPSA) is 49.8 Å². The first-order valence-corrected chi connectivity index (χ1v) is 6.10. The van der Waals surface area contributed by atoms with Gasteiger partial charge in [-0.15, -0.1) is 0 Å². The normalized spacial score (nSPS) is 17.1. The number of nitrogens with one attached hydrogen (secondary N) is 2. The molecule has 1 heterocycles. The van der Waals surface area contributed by atoms with Gasteiger partial charge in [0.05, 0.1) is 0 Å². The van der Waals surface area contributed by atoms with Gasteiger partial charge in [0.1, 0.15) is 0 Å². The summed E-state index contributed by atoms with van der Waals surface area (Å²) in [5.41, 5.74) is 0. The lowest BCUT2D eigenvalue weighted by Crippen LogP contribution is -2.29. The maximum absolute atomic E-state index is 4.11. The third kappa shape index (κ3) is 3.77. The van der Waals surface area contributed by atoms with E-state index in [2.05, 4.69) is 27.5 Å². The molecule has 1 aliphatic rings. The Morgan fingerprint density at radius 1 is 1.31 bits per heavy atom. The van der Waals surface area contributed by atoms with E-state index in [1.807, 2.05) is 6.07 Å². The van der Waals surface area contributed by atoms with E-state index in [9.17, 15) is 0 Å². The van der Waals surface area contributed by atoms with Crippen molar-refractivity contribution in [3.8, 4) is 0 Å². The van der Waals surface area contributed by atoms with Gasteiger partial charge in [0.2, 0.25) is 5.95 Å². The first-order valence-electron chi connectivity index (χ1n) is 6.10. The highest BCUT2D eigenvalue weighted by molar-refractivity contribution is 5.21. The zero-order valence-corrected chi connectivity index (χ0v) is 9.82. The Bertz CT molecular complexity index is 297. The Morgan fingerprint density at radius 2 is 2.06 bits per heavy atom. The Labute approximate surface area is 96.9 Å². The van der Waals surface area contributed by atoms with Crippen molar-refractivity contribution in [2.45, 2.75) is 32.2 Å². The van der Waals surface area contributed by atoms with Crippen LogP contribution >= 0.6 is 0 Å². The van der Waals surface area contributed by atoms with Crippen LogP contribution in [0.3, 0.4) is 0 Å². The average molecular weight is 220 g/mol.